The Morgan fingerprint density at radius 2 is 1.94 bits per heavy atom. The van der Waals surface area contributed by atoms with Crippen LogP contribution in [-0.4, -0.2) is 12.5 Å². The number of amides is 1. The van der Waals surface area contributed by atoms with E-state index in [9.17, 15) is 22.4 Å². The van der Waals surface area contributed by atoms with E-state index in [4.69, 9.17) is 0 Å². The molecule has 0 aliphatic carbocycles. The van der Waals surface area contributed by atoms with E-state index in [-0.39, 0.29) is 12.5 Å². The van der Waals surface area contributed by atoms with Crippen LogP contribution in [-0.2, 0) is 6.18 Å². The molecule has 0 spiro atoms. The molecule has 1 aromatic carbocycles. The fraction of sp³-hybridized carbons (Fsp3) is 0.417. The fourth-order valence-corrected chi connectivity index (χ4v) is 1.34. The van der Waals surface area contributed by atoms with Gasteiger partial charge < -0.3 is 5.32 Å². The SMILES string of the molecule is CC(C)CNC(=O)c1cc(F)ccc1C(F)(F)F. The molecule has 0 heterocycles. The highest BCUT2D eigenvalue weighted by molar-refractivity contribution is 5.95. The van der Waals surface area contributed by atoms with Gasteiger partial charge in [-0.25, -0.2) is 4.39 Å². The number of hydrogen-bond acceptors (Lipinski definition) is 1. The molecule has 0 saturated heterocycles. The molecule has 0 aliphatic rings. The summed E-state index contributed by atoms with van der Waals surface area (Å²) in [5.41, 5.74) is -1.83. The third kappa shape index (κ3) is 3.72. The number of halogens is 4. The number of rotatable bonds is 3. The summed E-state index contributed by atoms with van der Waals surface area (Å²) in [5.74, 6) is -1.70. The molecule has 0 aliphatic heterocycles. The van der Waals surface area contributed by atoms with E-state index in [0.29, 0.717) is 18.2 Å². The molecule has 100 valence electrons. The first kappa shape index (κ1) is 14.5. The van der Waals surface area contributed by atoms with E-state index in [1.54, 1.807) is 13.8 Å². The second-order valence-corrected chi connectivity index (χ2v) is 4.29. The zero-order chi connectivity index (χ0) is 13.9. The molecule has 1 N–H and O–H groups in total. The third-order valence-electron chi connectivity index (χ3n) is 2.20. The number of carbonyl (C=O) groups excluding carboxylic acids is 1. The average Bonchev–Trinajstić information content (AvgIpc) is 2.23. The van der Waals surface area contributed by atoms with Crippen molar-refractivity contribution in [1.29, 1.82) is 0 Å². The summed E-state index contributed by atoms with van der Waals surface area (Å²) < 4.78 is 50.9. The van der Waals surface area contributed by atoms with Crippen LogP contribution >= 0.6 is 0 Å². The van der Waals surface area contributed by atoms with Gasteiger partial charge in [-0.1, -0.05) is 13.8 Å². The average molecular weight is 263 g/mol. The Bertz CT molecular complexity index is 440. The maximum absolute atomic E-state index is 12.9. The van der Waals surface area contributed by atoms with Crippen molar-refractivity contribution in [2.45, 2.75) is 20.0 Å². The largest absolute Gasteiger partial charge is 0.417 e. The Kier molecular flexibility index (Phi) is 4.32. The van der Waals surface area contributed by atoms with Crippen LogP contribution in [0.5, 0.6) is 0 Å². The maximum atomic E-state index is 12.9. The predicted octanol–water partition coefficient (Wildman–Crippen LogP) is 3.23. The molecule has 0 fully saturated rings. The summed E-state index contributed by atoms with van der Waals surface area (Å²) in [7, 11) is 0. The molecule has 0 atom stereocenters. The van der Waals surface area contributed by atoms with Crippen molar-refractivity contribution < 1.29 is 22.4 Å². The van der Waals surface area contributed by atoms with Gasteiger partial charge in [-0.3, -0.25) is 4.79 Å². The van der Waals surface area contributed by atoms with Crippen molar-refractivity contribution in [3.05, 3.63) is 35.1 Å². The number of hydrogen-bond donors (Lipinski definition) is 1. The summed E-state index contributed by atoms with van der Waals surface area (Å²) in [6, 6.07) is 1.85. The summed E-state index contributed by atoms with van der Waals surface area (Å²) in [5, 5.41) is 2.33. The van der Waals surface area contributed by atoms with E-state index in [0.717, 1.165) is 0 Å². The van der Waals surface area contributed by atoms with Gasteiger partial charge in [-0.2, -0.15) is 13.2 Å². The minimum atomic E-state index is -4.68. The van der Waals surface area contributed by atoms with Gasteiger partial charge in [-0.05, 0) is 24.1 Å². The summed E-state index contributed by atoms with van der Waals surface area (Å²) in [6.45, 7) is 3.83. The van der Waals surface area contributed by atoms with Crippen LogP contribution in [0.25, 0.3) is 0 Å². The fourth-order valence-electron chi connectivity index (χ4n) is 1.34. The van der Waals surface area contributed by atoms with Crippen LogP contribution in [0.1, 0.15) is 29.8 Å². The lowest BCUT2D eigenvalue weighted by Gasteiger charge is -2.13. The van der Waals surface area contributed by atoms with Gasteiger partial charge >= 0.3 is 6.18 Å². The van der Waals surface area contributed by atoms with Crippen molar-refractivity contribution in [1.82, 2.24) is 5.32 Å². The molecule has 18 heavy (non-hydrogen) atoms. The molecule has 1 rings (SSSR count). The second-order valence-electron chi connectivity index (χ2n) is 4.29. The normalized spacial score (nSPS) is 11.7. The zero-order valence-electron chi connectivity index (χ0n) is 9.94. The number of alkyl halides is 3. The van der Waals surface area contributed by atoms with E-state index in [1.807, 2.05) is 0 Å². The minimum Gasteiger partial charge on any atom is -0.352 e. The lowest BCUT2D eigenvalue weighted by molar-refractivity contribution is -0.138. The zero-order valence-corrected chi connectivity index (χ0v) is 9.94. The first-order chi connectivity index (χ1) is 8.21. The van der Waals surface area contributed by atoms with Crippen molar-refractivity contribution in [3.63, 3.8) is 0 Å². The quantitative estimate of drug-likeness (QED) is 0.833. The van der Waals surface area contributed by atoms with Gasteiger partial charge in [0.1, 0.15) is 5.82 Å². The van der Waals surface area contributed by atoms with Crippen molar-refractivity contribution in [2.24, 2.45) is 5.92 Å². The smallest absolute Gasteiger partial charge is 0.352 e. The number of benzene rings is 1. The molecule has 1 aromatic rings. The van der Waals surface area contributed by atoms with Gasteiger partial charge in [0.2, 0.25) is 0 Å². The Morgan fingerprint density at radius 1 is 1.33 bits per heavy atom. The molecule has 1 amide bonds. The van der Waals surface area contributed by atoms with E-state index in [1.165, 1.54) is 0 Å². The highest BCUT2D eigenvalue weighted by atomic mass is 19.4. The van der Waals surface area contributed by atoms with Crippen LogP contribution < -0.4 is 5.32 Å². The third-order valence-corrected chi connectivity index (χ3v) is 2.20. The Balaban J connectivity index is 3.06. The molecule has 0 saturated carbocycles. The molecule has 2 nitrogen and oxygen atoms in total. The van der Waals surface area contributed by atoms with Crippen molar-refractivity contribution >= 4 is 5.91 Å². The number of carbonyl (C=O) groups is 1. The first-order valence-corrected chi connectivity index (χ1v) is 5.36. The molecule has 6 heteroatoms. The van der Waals surface area contributed by atoms with E-state index < -0.39 is 29.0 Å². The van der Waals surface area contributed by atoms with Crippen LogP contribution in [0.4, 0.5) is 17.6 Å². The van der Waals surface area contributed by atoms with Crippen LogP contribution in [0.2, 0.25) is 0 Å². The van der Waals surface area contributed by atoms with Crippen LogP contribution in [0, 0.1) is 11.7 Å². The maximum Gasteiger partial charge on any atom is 0.417 e. The van der Waals surface area contributed by atoms with Crippen molar-refractivity contribution in [3.8, 4) is 0 Å². The van der Waals surface area contributed by atoms with E-state index in [2.05, 4.69) is 5.32 Å². The summed E-state index contributed by atoms with van der Waals surface area (Å²) in [6.07, 6.45) is -4.68. The molecular formula is C12H13F4NO. The Labute approximate surface area is 102 Å². The van der Waals surface area contributed by atoms with Crippen LogP contribution in [0.3, 0.4) is 0 Å². The summed E-state index contributed by atoms with van der Waals surface area (Å²) in [4.78, 5) is 11.6. The van der Waals surface area contributed by atoms with Gasteiger partial charge in [-0.15, -0.1) is 0 Å². The van der Waals surface area contributed by atoms with Crippen LogP contribution in [0.15, 0.2) is 18.2 Å². The molecule has 0 radical (unpaired) electrons. The lowest BCUT2D eigenvalue weighted by Crippen LogP contribution is -2.29. The molecule has 0 bridgehead atoms. The predicted molar refractivity (Wildman–Crippen MR) is 58.6 cm³/mol. The molecular weight excluding hydrogens is 250 g/mol. The summed E-state index contributed by atoms with van der Waals surface area (Å²) >= 11 is 0. The molecule has 0 unspecified atom stereocenters. The van der Waals surface area contributed by atoms with Gasteiger partial charge in [0.05, 0.1) is 11.1 Å². The van der Waals surface area contributed by atoms with Gasteiger partial charge in [0.25, 0.3) is 5.91 Å². The molecule has 0 aromatic heterocycles. The first-order valence-electron chi connectivity index (χ1n) is 5.36. The Morgan fingerprint density at radius 3 is 2.44 bits per heavy atom. The number of nitrogens with one attached hydrogen (secondary N) is 1. The monoisotopic (exact) mass is 263 g/mol. The Hall–Kier alpha value is -1.59. The topological polar surface area (TPSA) is 29.1 Å². The minimum absolute atomic E-state index is 0.0943. The van der Waals surface area contributed by atoms with E-state index >= 15 is 0 Å². The van der Waals surface area contributed by atoms with Crippen molar-refractivity contribution in [2.75, 3.05) is 6.54 Å². The second kappa shape index (κ2) is 5.37. The van der Waals surface area contributed by atoms with Gasteiger partial charge in [0, 0.05) is 6.54 Å². The standard InChI is InChI=1S/C12H13F4NO/c1-7(2)6-17-11(18)9-5-8(13)3-4-10(9)12(14,15)16/h3-5,7H,6H2,1-2H3,(H,17,18). The lowest BCUT2D eigenvalue weighted by atomic mass is 10.1. The highest BCUT2D eigenvalue weighted by Crippen LogP contribution is 2.32. The van der Waals surface area contributed by atoms with Gasteiger partial charge in [0.15, 0.2) is 0 Å². The highest BCUT2D eigenvalue weighted by Gasteiger charge is 2.35.